The number of hydrogen-bond donors (Lipinski definition) is 1. The minimum atomic E-state index is -4.31. The number of aliphatic imine (C=N–C) groups is 1. The molecule has 0 saturated carbocycles. The first-order valence-electron chi connectivity index (χ1n) is 8.43. The Balaban J connectivity index is 1.75. The molecule has 0 bridgehead atoms. The number of hydrogen-bond acceptors (Lipinski definition) is 5. The van der Waals surface area contributed by atoms with Crippen LogP contribution >= 0.6 is 0 Å². The monoisotopic (exact) mass is 356 g/mol. The lowest BCUT2D eigenvalue weighted by Gasteiger charge is -2.35. The van der Waals surface area contributed by atoms with Crippen LogP contribution in [-0.2, 0) is 10.9 Å². The highest BCUT2D eigenvalue weighted by Crippen LogP contribution is 2.31. The normalized spacial score (nSPS) is 20.5. The maximum absolute atomic E-state index is 12.8. The first-order chi connectivity index (χ1) is 11.9. The number of halogens is 3. The van der Waals surface area contributed by atoms with Crippen molar-refractivity contribution in [3.63, 3.8) is 0 Å². The molecule has 0 aliphatic carbocycles. The Morgan fingerprint density at radius 1 is 1.16 bits per heavy atom. The molecule has 5 nitrogen and oxygen atoms in total. The zero-order valence-corrected chi connectivity index (χ0v) is 14.2. The summed E-state index contributed by atoms with van der Waals surface area (Å²) in [4.78, 5) is 8.70. The fourth-order valence-corrected chi connectivity index (χ4v) is 3.15. The number of nitrogens with one attached hydrogen (secondary N) is 1. The SMILES string of the molecule is CN1CCN=C1NCC(c1ccc(C(F)(F)F)cc1)N1CCOCC1. The fraction of sp³-hybridized carbons (Fsp3) is 0.588. The molecule has 1 N–H and O–H groups in total. The predicted octanol–water partition coefficient (Wildman–Crippen LogP) is 1.97. The summed E-state index contributed by atoms with van der Waals surface area (Å²) in [6.07, 6.45) is -4.31. The molecular weight excluding hydrogens is 333 g/mol. The maximum Gasteiger partial charge on any atom is 0.416 e. The lowest BCUT2D eigenvalue weighted by atomic mass is 10.0. The molecular formula is C17H23F3N4O. The standard InChI is InChI=1S/C17H23F3N4O/c1-23-7-6-21-16(23)22-12-15(24-8-10-25-11-9-24)13-2-4-14(5-3-13)17(18,19)20/h2-5,15H,6-12H2,1H3,(H,21,22). The smallest absolute Gasteiger partial charge is 0.379 e. The van der Waals surface area contributed by atoms with Crippen LogP contribution in [0.4, 0.5) is 13.2 Å². The van der Waals surface area contributed by atoms with E-state index < -0.39 is 11.7 Å². The molecule has 138 valence electrons. The molecule has 1 fully saturated rings. The molecule has 8 heteroatoms. The lowest BCUT2D eigenvalue weighted by Crippen LogP contribution is -2.45. The largest absolute Gasteiger partial charge is 0.416 e. The van der Waals surface area contributed by atoms with Gasteiger partial charge in [0.05, 0.1) is 31.4 Å². The van der Waals surface area contributed by atoms with Gasteiger partial charge >= 0.3 is 6.18 Å². The summed E-state index contributed by atoms with van der Waals surface area (Å²) in [7, 11) is 1.97. The van der Waals surface area contributed by atoms with E-state index in [1.807, 2.05) is 11.9 Å². The fourth-order valence-electron chi connectivity index (χ4n) is 3.15. The van der Waals surface area contributed by atoms with Crippen molar-refractivity contribution in [3.05, 3.63) is 35.4 Å². The van der Waals surface area contributed by atoms with Crippen molar-refractivity contribution in [2.24, 2.45) is 4.99 Å². The molecule has 0 amide bonds. The van der Waals surface area contributed by atoms with Crippen LogP contribution in [0.25, 0.3) is 0 Å². The van der Waals surface area contributed by atoms with Crippen LogP contribution in [0, 0.1) is 0 Å². The van der Waals surface area contributed by atoms with E-state index in [9.17, 15) is 13.2 Å². The van der Waals surface area contributed by atoms with Gasteiger partial charge in [-0.3, -0.25) is 9.89 Å². The maximum atomic E-state index is 12.8. The van der Waals surface area contributed by atoms with E-state index in [4.69, 9.17) is 4.74 Å². The number of likely N-dealkylation sites (N-methyl/N-ethyl adjacent to an activating group) is 1. The molecule has 1 atom stereocenters. The van der Waals surface area contributed by atoms with Gasteiger partial charge in [0.15, 0.2) is 5.96 Å². The topological polar surface area (TPSA) is 40.1 Å². The van der Waals surface area contributed by atoms with Gasteiger partial charge in [-0.2, -0.15) is 13.2 Å². The predicted molar refractivity (Wildman–Crippen MR) is 89.5 cm³/mol. The van der Waals surface area contributed by atoms with Crippen molar-refractivity contribution in [3.8, 4) is 0 Å². The Hall–Kier alpha value is -1.80. The summed E-state index contributed by atoms with van der Waals surface area (Å²) < 4.78 is 43.8. The van der Waals surface area contributed by atoms with Gasteiger partial charge in [0.1, 0.15) is 0 Å². The van der Waals surface area contributed by atoms with Gasteiger partial charge in [0.2, 0.25) is 0 Å². The summed E-state index contributed by atoms with van der Waals surface area (Å²) in [5.74, 6) is 0.838. The van der Waals surface area contributed by atoms with Gasteiger partial charge in [-0.25, -0.2) is 0 Å². The zero-order chi connectivity index (χ0) is 17.9. The quantitative estimate of drug-likeness (QED) is 0.896. The van der Waals surface area contributed by atoms with E-state index in [0.717, 1.165) is 49.8 Å². The average molecular weight is 356 g/mol. The molecule has 25 heavy (non-hydrogen) atoms. The van der Waals surface area contributed by atoms with Crippen LogP contribution in [0.3, 0.4) is 0 Å². The van der Waals surface area contributed by atoms with Crippen molar-refractivity contribution >= 4 is 5.96 Å². The summed E-state index contributed by atoms with van der Waals surface area (Å²) >= 11 is 0. The zero-order valence-electron chi connectivity index (χ0n) is 14.2. The Labute approximate surface area is 145 Å². The van der Waals surface area contributed by atoms with Gasteiger partial charge in [-0.15, -0.1) is 0 Å². The van der Waals surface area contributed by atoms with E-state index in [2.05, 4.69) is 15.2 Å². The Kier molecular flexibility index (Phi) is 5.48. The van der Waals surface area contributed by atoms with Gasteiger partial charge in [0.25, 0.3) is 0 Å². The first kappa shape index (κ1) is 18.0. The van der Waals surface area contributed by atoms with Crippen LogP contribution in [0.5, 0.6) is 0 Å². The van der Waals surface area contributed by atoms with Gasteiger partial charge in [-0.1, -0.05) is 12.1 Å². The van der Waals surface area contributed by atoms with E-state index in [1.54, 1.807) is 12.1 Å². The summed E-state index contributed by atoms with van der Waals surface area (Å²) in [6, 6.07) is 5.43. The van der Waals surface area contributed by atoms with Gasteiger partial charge in [0, 0.05) is 33.2 Å². The number of benzene rings is 1. The van der Waals surface area contributed by atoms with Crippen LogP contribution in [-0.4, -0.2) is 68.7 Å². The highest BCUT2D eigenvalue weighted by molar-refractivity contribution is 5.81. The summed E-state index contributed by atoms with van der Waals surface area (Å²) in [6.45, 7) is 5.03. The van der Waals surface area contributed by atoms with Gasteiger partial charge in [-0.05, 0) is 17.7 Å². The number of morpholine rings is 1. The Morgan fingerprint density at radius 2 is 1.84 bits per heavy atom. The molecule has 0 aromatic heterocycles. The minimum absolute atomic E-state index is 0.0251. The van der Waals surface area contributed by atoms with Crippen molar-refractivity contribution in [1.29, 1.82) is 0 Å². The van der Waals surface area contributed by atoms with Crippen molar-refractivity contribution in [2.75, 3.05) is 53.0 Å². The first-order valence-corrected chi connectivity index (χ1v) is 8.43. The van der Waals surface area contributed by atoms with Crippen LogP contribution in [0.1, 0.15) is 17.2 Å². The third-order valence-corrected chi connectivity index (χ3v) is 4.62. The van der Waals surface area contributed by atoms with Crippen LogP contribution in [0.15, 0.2) is 29.3 Å². The van der Waals surface area contributed by atoms with Gasteiger partial charge < -0.3 is 15.0 Å². The second-order valence-electron chi connectivity index (χ2n) is 6.29. The molecule has 2 aliphatic heterocycles. The lowest BCUT2D eigenvalue weighted by molar-refractivity contribution is -0.137. The van der Waals surface area contributed by atoms with E-state index in [0.29, 0.717) is 19.8 Å². The molecule has 0 radical (unpaired) electrons. The number of alkyl halides is 3. The average Bonchev–Trinajstić information content (AvgIpc) is 3.01. The number of ether oxygens (including phenoxy) is 1. The summed E-state index contributed by atoms with van der Waals surface area (Å²) in [5, 5.41) is 3.34. The van der Waals surface area contributed by atoms with Crippen molar-refractivity contribution < 1.29 is 17.9 Å². The number of nitrogens with zero attached hydrogens (tertiary/aromatic N) is 3. The molecule has 2 heterocycles. The molecule has 0 spiro atoms. The Morgan fingerprint density at radius 3 is 2.40 bits per heavy atom. The third-order valence-electron chi connectivity index (χ3n) is 4.62. The van der Waals surface area contributed by atoms with E-state index in [-0.39, 0.29) is 6.04 Å². The van der Waals surface area contributed by atoms with Crippen molar-refractivity contribution in [2.45, 2.75) is 12.2 Å². The second-order valence-corrected chi connectivity index (χ2v) is 6.29. The van der Waals surface area contributed by atoms with Crippen LogP contribution < -0.4 is 5.32 Å². The van der Waals surface area contributed by atoms with E-state index >= 15 is 0 Å². The molecule has 1 unspecified atom stereocenters. The summed E-state index contributed by atoms with van der Waals surface area (Å²) in [5.41, 5.74) is 0.244. The molecule has 1 aromatic carbocycles. The van der Waals surface area contributed by atoms with Crippen LogP contribution in [0.2, 0.25) is 0 Å². The highest BCUT2D eigenvalue weighted by Gasteiger charge is 2.31. The van der Waals surface area contributed by atoms with Crippen molar-refractivity contribution in [1.82, 2.24) is 15.1 Å². The molecule has 2 aliphatic rings. The molecule has 1 saturated heterocycles. The van der Waals surface area contributed by atoms with E-state index in [1.165, 1.54) is 0 Å². The number of guanidine groups is 1. The second kappa shape index (κ2) is 7.61. The molecule has 3 rings (SSSR count). The minimum Gasteiger partial charge on any atom is -0.379 e. The third kappa shape index (κ3) is 4.43. The Bertz CT molecular complexity index is 597. The molecule has 1 aromatic rings. The highest BCUT2D eigenvalue weighted by atomic mass is 19.4. The number of rotatable bonds is 4.